The monoisotopic (exact) mass is 838 g/mol. The van der Waals surface area contributed by atoms with Gasteiger partial charge >= 0.3 is 23.5 Å². The summed E-state index contributed by atoms with van der Waals surface area (Å²) < 4.78 is 61.9. The first-order chi connectivity index (χ1) is 24.4. The molecule has 3 heterocycles. The quantitative estimate of drug-likeness (QED) is 0.0480. The van der Waals surface area contributed by atoms with Gasteiger partial charge in [-0.1, -0.05) is 13.8 Å². The first-order valence-electron chi connectivity index (χ1n) is 15.2. The molecule has 2 aromatic rings. The second-order valence-electron chi connectivity index (χ2n) is 12.0. The van der Waals surface area contributed by atoms with Crippen molar-refractivity contribution in [3.05, 3.63) is 12.7 Å². The number of aliphatic hydroxyl groups excluding tert-OH is 2. The Labute approximate surface area is 304 Å². The van der Waals surface area contributed by atoms with Crippen molar-refractivity contribution in [2.45, 2.75) is 63.1 Å². The zero-order valence-corrected chi connectivity index (χ0v) is 31.7. The van der Waals surface area contributed by atoms with Gasteiger partial charge in [-0.25, -0.2) is 28.6 Å². The fourth-order valence-electron chi connectivity index (χ4n) is 4.45. The maximum Gasteiger partial charge on any atom is 0.481 e. The zero-order chi connectivity index (χ0) is 39.9. The maximum absolute atomic E-state index is 12.6. The molecule has 3 amide bonds. The largest absolute Gasteiger partial charge is 0.481 e. The van der Waals surface area contributed by atoms with Crippen molar-refractivity contribution < 1.29 is 80.5 Å². The van der Waals surface area contributed by atoms with Gasteiger partial charge in [-0.15, -0.1) is 11.8 Å². The first-order valence-corrected chi connectivity index (χ1v) is 20.8. The number of carbonyl (C=O) groups is 3. The van der Waals surface area contributed by atoms with Crippen molar-refractivity contribution in [2.75, 3.05) is 37.8 Å². The van der Waals surface area contributed by atoms with Crippen LogP contribution in [0.3, 0.4) is 0 Å². The summed E-state index contributed by atoms with van der Waals surface area (Å²) in [4.78, 5) is 86.3. The van der Waals surface area contributed by atoms with Crippen LogP contribution in [0, 0.1) is 5.41 Å². The highest BCUT2D eigenvalue weighted by molar-refractivity contribution is 8.00. The number of anilines is 1. The number of nitrogen functional groups attached to an aromatic ring is 1. The highest BCUT2D eigenvalue weighted by atomic mass is 32.2. The van der Waals surface area contributed by atoms with E-state index in [0.29, 0.717) is 5.75 Å². The van der Waals surface area contributed by atoms with E-state index >= 15 is 0 Å². The molecule has 25 nitrogen and oxygen atoms in total. The molecule has 0 radical (unpaired) electrons. The smallest absolute Gasteiger partial charge is 0.386 e. The van der Waals surface area contributed by atoms with Crippen molar-refractivity contribution in [1.82, 2.24) is 30.2 Å². The number of nitrogens with one attached hydrogen (secondary N) is 2. The van der Waals surface area contributed by atoms with Crippen LogP contribution in [-0.4, -0.2) is 129 Å². The van der Waals surface area contributed by atoms with Crippen molar-refractivity contribution in [1.29, 1.82) is 0 Å². The molecule has 12 N–H and O–H groups in total. The third-order valence-corrected chi connectivity index (χ3v) is 11.5. The van der Waals surface area contributed by atoms with Crippen LogP contribution in [0.2, 0.25) is 0 Å². The Morgan fingerprint density at radius 3 is 2.38 bits per heavy atom. The lowest BCUT2D eigenvalue weighted by Crippen LogP contribution is -2.46. The van der Waals surface area contributed by atoms with Crippen molar-refractivity contribution >= 4 is 69.9 Å². The minimum atomic E-state index is -5.57. The summed E-state index contributed by atoms with van der Waals surface area (Å²) >= 11 is 1.24. The normalized spacial score (nSPS) is 22.8. The average molecular weight is 839 g/mol. The number of primary amides is 1. The van der Waals surface area contributed by atoms with Crippen LogP contribution in [0.4, 0.5) is 5.82 Å². The third-order valence-electron chi connectivity index (χ3n) is 7.27. The number of ether oxygens (including phenoxy) is 1. The van der Waals surface area contributed by atoms with Crippen LogP contribution >= 0.6 is 35.2 Å². The van der Waals surface area contributed by atoms with E-state index in [1.807, 2.05) is 0 Å². The summed E-state index contributed by atoms with van der Waals surface area (Å²) in [5, 5.41) is 25.8. The Kier molecular flexibility index (Phi) is 15.5. The number of nitrogens with two attached hydrogens (primary N) is 2. The first kappa shape index (κ1) is 44.8. The van der Waals surface area contributed by atoms with E-state index in [1.54, 1.807) is 6.92 Å². The van der Waals surface area contributed by atoms with Gasteiger partial charge in [0.1, 0.15) is 36.3 Å². The van der Waals surface area contributed by atoms with Gasteiger partial charge in [0.15, 0.2) is 17.7 Å². The predicted molar refractivity (Wildman–Crippen MR) is 181 cm³/mol. The van der Waals surface area contributed by atoms with Gasteiger partial charge in [0.05, 0.1) is 24.8 Å². The van der Waals surface area contributed by atoms with Crippen LogP contribution in [0.5, 0.6) is 0 Å². The summed E-state index contributed by atoms with van der Waals surface area (Å²) in [6.07, 6.45) is -6.92. The van der Waals surface area contributed by atoms with E-state index in [0.717, 1.165) is 17.2 Å². The topological polar surface area (TPSA) is 390 Å². The number of nitrogens with zero attached hydrogens (tertiary/aromatic N) is 4. The van der Waals surface area contributed by atoms with E-state index in [-0.39, 0.29) is 36.5 Å². The Bertz CT molecular complexity index is 1760. The molecular formula is C24H41N8O17P3S. The molecule has 0 bridgehead atoms. The number of phosphoric ester groups is 3. The minimum absolute atomic E-state index is 0.0288. The number of amides is 3. The van der Waals surface area contributed by atoms with E-state index in [4.69, 9.17) is 25.3 Å². The fraction of sp³-hybridized carbons (Fsp3) is 0.667. The fourth-order valence-corrected chi connectivity index (χ4v) is 8.01. The molecule has 300 valence electrons. The standard InChI is InChI=1S/C24H41N8O17P3S/c1-12(20(26)36)53-7-6-27-14(33)4-5-28-22(37)18(35)24(2,3)9-46-52(43,44)49-51(41,42)45-8-13-17(48-50(38,39)40)16(34)23(47-13)32-11-31-15-19(25)29-10-30-21(15)32/h10-13,16-18,23,34-35H,4-9H2,1-3H3,(H2,26,36)(H,27,33)(H,28,37)(H,41,42)(H,43,44)(H2,25,29,30)(H2,38,39,40)/t12-,13+,16+,17+,18-,23+/m0/s1. The number of phosphoric acid groups is 3. The summed E-state index contributed by atoms with van der Waals surface area (Å²) in [5.41, 5.74) is 9.41. The maximum atomic E-state index is 12.6. The second kappa shape index (κ2) is 18.3. The van der Waals surface area contributed by atoms with Crippen molar-refractivity contribution in [3.8, 4) is 0 Å². The molecule has 1 aliphatic rings. The number of hydrogen-bond donors (Lipinski definition) is 10. The predicted octanol–water partition coefficient (Wildman–Crippen LogP) is -1.99. The lowest BCUT2D eigenvalue weighted by atomic mass is 9.87. The Balaban J connectivity index is 1.52. The van der Waals surface area contributed by atoms with E-state index in [9.17, 15) is 57.9 Å². The van der Waals surface area contributed by atoms with Crippen LogP contribution in [0.15, 0.2) is 12.7 Å². The molecule has 29 heteroatoms. The number of imidazole rings is 1. The van der Waals surface area contributed by atoms with Gasteiger partial charge in [0.25, 0.3) is 0 Å². The molecule has 3 rings (SSSR count). The molecule has 1 fully saturated rings. The number of hydrogen-bond acceptors (Lipinski definition) is 18. The van der Waals surface area contributed by atoms with Crippen LogP contribution in [0.1, 0.15) is 33.4 Å². The van der Waals surface area contributed by atoms with Gasteiger partial charge in [-0.2, -0.15) is 4.31 Å². The molecule has 2 aromatic heterocycles. The molecule has 2 unspecified atom stereocenters. The molecule has 0 saturated carbocycles. The average Bonchev–Trinajstić information content (AvgIpc) is 3.60. The van der Waals surface area contributed by atoms with Gasteiger partial charge in [0, 0.05) is 30.7 Å². The molecule has 1 aliphatic heterocycles. The molecule has 8 atom stereocenters. The van der Waals surface area contributed by atoms with Crippen molar-refractivity contribution in [2.24, 2.45) is 11.1 Å². The minimum Gasteiger partial charge on any atom is -0.386 e. The van der Waals surface area contributed by atoms with E-state index < -0.39 is 95.7 Å². The molecule has 0 aromatic carbocycles. The van der Waals surface area contributed by atoms with Crippen LogP contribution in [-0.2, 0) is 50.7 Å². The molecule has 53 heavy (non-hydrogen) atoms. The molecule has 1 saturated heterocycles. The summed E-state index contributed by atoms with van der Waals surface area (Å²) in [7, 11) is -16.4. The lowest BCUT2D eigenvalue weighted by molar-refractivity contribution is -0.137. The zero-order valence-electron chi connectivity index (χ0n) is 28.2. The van der Waals surface area contributed by atoms with Gasteiger partial charge in [-0.3, -0.25) is 32.5 Å². The summed E-state index contributed by atoms with van der Waals surface area (Å²) in [5.74, 6) is -1.54. The number of fused-ring (bicyclic) bond motifs is 1. The number of carbonyl (C=O) groups excluding carboxylic acids is 3. The highest BCUT2D eigenvalue weighted by Gasteiger charge is 2.50. The SMILES string of the molecule is C[C@H](SCCNC(=O)CCNC(=O)[C@H](O)C(C)(C)COP(=O)(O)OP(=O)(O)OC[C@H]1O[C@@H](n2cnc3c(N)ncnc32)[C@H](O)[C@@H]1OP(=O)(O)O)C(N)=O. The van der Waals surface area contributed by atoms with Gasteiger partial charge < -0.3 is 56.6 Å². The second-order valence-corrected chi connectivity index (χ2v) is 17.7. The number of aromatic nitrogens is 4. The summed E-state index contributed by atoms with van der Waals surface area (Å²) in [6, 6.07) is 0. The van der Waals surface area contributed by atoms with Crippen LogP contribution < -0.4 is 22.1 Å². The molecule has 0 aliphatic carbocycles. The number of rotatable bonds is 21. The summed E-state index contributed by atoms with van der Waals surface area (Å²) in [6.45, 7) is 2.13. The van der Waals surface area contributed by atoms with Crippen molar-refractivity contribution in [3.63, 3.8) is 0 Å². The highest BCUT2D eigenvalue weighted by Crippen LogP contribution is 2.61. The molecular weight excluding hydrogens is 797 g/mol. The molecule has 0 spiro atoms. The lowest BCUT2D eigenvalue weighted by Gasteiger charge is -2.30. The van der Waals surface area contributed by atoms with Crippen LogP contribution in [0.25, 0.3) is 11.2 Å². The third kappa shape index (κ3) is 13.3. The van der Waals surface area contributed by atoms with E-state index in [2.05, 4.69) is 34.4 Å². The van der Waals surface area contributed by atoms with Gasteiger partial charge in [-0.05, 0) is 6.92 Å². The Hall–Kier alpha value is -2.64. The van der Waals surface area contributed by atoms with E-state index in [1.165, 1.54) is 25.6 Å². The van der Waals surface area contributed by atoms with Gasteiger partial charge in [0.2, 0.25) is 17.7 Å². The Morgan fingerprint density at radius 2 is 1.74 bits per heavy atom. The number of thioether (sulfide) groups is 1. The Morgan fingerprint density at radius 1 is 1.08 bits per heavy atom. The number of aliphatic hydroxyl groups is 2.